The van der Waals surface area contributed by atoms with Crippen molar-refractivity contribution in [1.82, 2.24) is 10.3 Å². The van der Waals surface area contributed by atoms with Gasteiger partial charge in [-0.3, -0.25) is 4.79 Å². The maximum Gasteiger partial charge on any atom is 0.237 e. The number of aromatic nitrogens is 1. The van der Waals surface area contributed by atoms with Crippen LogP contribution in [0.1, 0.15) is 26.7 Å². The van der Waals surface area contributed by atoms with Crippen molar-refractivity contribution in [3.63, 3.8) is 0 Å². The molecule has 0 radical (unpaired) electrons. The number of nitrogens with two attached hydrogens (primary N) is 1. The zero-order chi connectivity index (χ0) is 14.5. The van der Waals surface area contributed by atoms with Gasteiger partial charge < -0.3 is 16.0 Å². The normalized spacial score (nSPS) is 16.5. The molecule has 0 bridgehead atoms. The van der Waals surface area contributed by atoms with E-state index in [0.29, 0.717) is 0 Å². The number of pyridine rings is 1. The zero-order valence-corrected chi connectivity index (χ0v) is 14.7. The third-order valence-electron chi connectivity index (χ3n) is 3.84. The summed E-state index contributed by atoms with van der Waals surface area (Å²) in [6.07, 6.45) is 3.69. The Morgan fingerprint density at radius 1 is 1.32 bits per heavy atom. The van der Waals surface area contributed by atoms with Crippen molar-refractivity contribution in [2.75, 3.05) is 18.0 Å². The minimum Gasteiger partial charge on any atom is -0.356 e. The number of hydrogen-bond donors (Lipinski definition) is 2. The van der Waals surface area contributed by atoms with E-state index in [4.69, 9.17) is 5.73 Å². The fourth-order valence-corrected chi connectivity index (χ4v) is 2.39. The summed E-state index contributed by atoms with van der Waals surface area (Å²) >= 11 is 0. The van der Waals surface area contributed by atoms with Crippen LogP contribution in [0.4, 0.5) is 5.82 Å². The Bertz CT molecular complexity index is 436. The molecule has 1 aliphatic rings. The number of hydrogen-bond acceptors (Lipinski definition) is 4. The van der Waals surface area contributed by atoms with Gasteiger partial charge in [0.25, 0.3) is 0 Å². The molecular weight excluding hydrogens is 323 g/mol. The molecule has 5 nitrogen and oxygen atoms in total. The van der Waals surface area contributed by atoms with E-state index in [2.05, 4.69) is 15.2 Å². The van der Waals surface area contributed by atoms with Gasteiger partial charge in [0.05, 0.1) is 6.04 Å². The standard InChI is InChI=1S/C15H24N4O.2ClH/c1-11(2)14(16)15(20)18-12-6-9-19(10-7-12)13-5-3-4-8-17-13;;/h3-5,8,11-12,14H,6-7,9-10,16H2,1-2H3,(H,18,20);2*1H. The predicted octanol–water partition coefficient (Wildman–Crippen LogP) is 1.99. The number of carbonyl (C=O) groups excluding carboxylic acids is 1. The number of nitrogens with one attached hydrogen (secondary N) is 1. The molecule has 22 heavy (non-hydrogen) atoms. The van der Waals surface area contributed by atoms with Gasteiger partial charge in [0, 0.05) is 25.3 Å². The largest absolute Gasteiger partial charge is 0.356 e. The van der Waals surface area contributed by atoms with Crippen molar-refractivity contribution < 1.29 is 4.79 Å². The topological polar surface area (TPSA) is 71.2 Å². The number of nitrogens with zero attached hydrogens (tertiary/aromatic N) is 2. The van der Waals surface area contributed by atoms with Gasteiger partial charge in [-0.15, -0.1) is 24.8 Å². The average Bonchev–Trinajstić information content (AvgIpc) is 2.48. The van der Waals surface area contributed by atoms with Crippen LogP contribution in [0, 0.1) is 5.92 Å². The lowest BCUT2D eigenvalue weighted by atomic mass is 10.0. The highest BCUT2D eigenvalue weighted by molar-refractivity contribution is 5.85. The summed E-state index contributed by atoms with van der Waals surface area (Å²) in [6, 6.07) is 5.76. The fraction of sp³-hybridized carbons (Fsp3) is 0.600. The zero-order valence-electron chi connectivity index (χ0n) is 13.1. The molecule has 1 amide bonds. The third kappa shape index (κ3) is 5.63. The molecule has 2 heterocycles. The van der Waals surface area contributed by atoms with Crippen LogP contribution in [0.5, 0.6) is 0 Å². The van der Waals surface area contributed by atoms with E-state index in [1.54, 1.807) is 0 Å². The predicted molar refractivity (Wildman–Crippen MR) is 94.9 cm³/mol. The molecule has 0 aromatic carbocycles. The molecule has 1 fully saturated rings. The molecule has 126 valence electrons. The van der Waals surface area contributed by atoms with Gasteiger partial charge >= 0.3 is 0 Å². The van der Waals surface area contributed by atoms with Crippen molar-refractivity contribution in [1.29, 1.82) is 0 Å². The van der Waals surface area contributed by atoms with Gasteiger partial charge in [0.2, 0.25) is 5.91 Å². The Morgan fingerprint density at radius 3 is 2.45 bits per heavy atom. The van der Waals surface area contributed by atoms with Crippen molar-refractivity contribution >= 4 is 36.5 Å². The summed E-state index contributed by atoms with van der Waals surface area (Å²) in [6.45, 7) is 5.76. The molecule has 3 N–H and O–H groups in total. The summed E-state index contributed by atoms with van der Waals surface area (Å²) in [5, 5.41) is 3.06. The Labute approximate surface area is 144 Å². The molecular formula is C15H26Cl2N4O. The van der Waals surface area contributed by atoms with Crippen LogP contribution < -0.4 is 16.0 Å². The van der Waals surface area contributed by atoms with Crippen LogP contribution >= 0.6 is 24.8 Å². The average molecular weight is 349 g/mol. The number of anilines is 1. The minimum atomic E-state index is -0.413. The number of amides is 1. The van der Waals surface area contributed by atoms with Crippen molar-refractivity contribution in [3.8, 4) is 0 Å². The highest BCUT2D eigenvalue weighted by Gasteiger charge is 2.24. The molecule has 1 aromatic heterocycles. The van der Waals surface area contributed by atoms with Gasteiger partial charge in [0.1, 0.15) is 5.82 Å². The molecule has 0 aliphatic carbocycles. The lowest BCUT2D eigenvalue weighted by Gasteiger charge is -2.33. The molecule has 0 saturated carbocycles. The van der Waals surface area contributed by atoms with Crippen LogP contribution in [-0.2, 0) is 4.79 Å². The van der Waals surface area contributed by atoms with E-state index in [1.165, 1.54) is 0 Å². The smallest absolute Gasteiger partial charge is 0.237 e. The first-order valence-electron chi connectivity index (χ1n) is 7.30. The fourth-order valence-electron chi connectivity index (χ4n) is 2.39. The van der Waals surface area contributed by atoms with Gasteiger partial charge in [-0.05, 0) is 30.9 Å². The maximum absolute atomic E-state index is 11.9. The minimum absolute atomic E-state index is 0. The summed E-state index contributed by atoms with van der Waals surface area (Å²) < 4.78 is 0. The first-order chi connectivity index (χ1) is 9.58. The Kier molecular flexibility index (Phi) is 9.41. The summed E-state index contributed by atoms with van der Waals surface area (Å²) in [5.74, 6) is 1.15. The second-order valence-corrected chi connectivity index (χ2v) is 5.73. The molecule has 7 heteroatoms. The van der Waals surface area contributed by atoms with Crippen LogP contribution in [0.25, 0.3) is 0 Å². The second-order valence-electron chi connectivity index (χ2n) is 5.73. The molecule has 2 rings (SSSR count). The summed E-state index contributed by atoms with van der Waals surface area (Å²) in [7, 11) is 0. The van der Waals surface area contributed by atoms with Crippen molar-refractivity contribution in [2.24, 2.45) is 11.7 Å². The summed E-state index contributed by atoms with van der Waals surface area (Å²) in [5.41, 5.74) is 5.86. The van der Waals surface area contributed by atoms with E-state index in [9.17, 15) is 4.79 Å². The van der Waals surface area contributed by atoms with E-state index in [-0.39, 0.29) is 42.7 Å². The number of piperidine rings is 1. The number of carbonyl (C=O) groups is 1. The first-order valence-corrected chi connectivity index (χ1v) is 7.30. The molecule has 0 spiro atoms. The van der Waals surface area contributed by atoms with Crippen molar-refractivity contribution in [3.05, 3.63) is 24.4 Å². The number of rotatable bonds is 4. The quantitative estimate of drug-likeness (QED) is 0.872. The van der Waals surface area contributed by atoms with Crippen molar-refractivity contribution in [2.45, 2.75) is 38.8 Å². The third-order valence-corrected chi connectivity index (χ3v) is 3.84. The highest BCUT2D eigenvalue weighted by atomic mass is 35.5. The lowest BCUT2D eigenvalue weighted by Crippen LogP contribution is -2.51. The van der Waals surface area contributed by atoms with E-state index in [0.717, 1.165) is 31.7 Å². The maximum atomic E-state index is 11.9. The second kappa shape index (κ2) is 9.87. The van der Waals surface area contributed by atoms with Crippen LogP contribution in [0.2, 0.25) is 0 Å². The van der Waals surface area contributed by atoms with E-state index >= 15 is 0 Å². The molecule has 1 aromatic rings. The van der Waals surface area contributed by atoms with Gasteiger partial charge in [-0.25, -0.2) is 4.98 Å². The Hall–Kier alpha value is -1.04. The lowest BCUT2D eigenvalue weighted by molar-refractivity contribution is -0.124. The van der Waals surface area contributed by atoms with Crippen LogP contribution in [-0.4, -0.2) is 36.1 Å². The number of halogens is 2. The summed E-state index contributed by atoms with van der Waals surface area (Å²) in [4.78, 5) is 18.6. The molecule has 1 saturated heterocycles. The van der Waals surface area contributed by atoms with Gasteiger partial charge in [-0.1, -0.05) is 19.9 Å². The van der Waals surface area contributed by atoms with Gasteiger partial charge in [0.15, 0.2) is 0 Å². The Morgan fingerprint density at radius 2 is 1.95 bits per heavy atom. The van der Waals surface area contributed by atoms with E-state index in [1.807, 2.05) is 38.2 Å². The molecule has 1 aliphatic heterocycles. The van der Waals surface area contributed by atoms with Gasteiger partial charge in [-0.2, -0.15) is 0 Å². The molecule has 1 atom stereocenters. The highest BCUT2D eigenvalue weighted by Crippen LogP contribution is 2.17. The Balaban J connectivity index is 0.00000220. The first kappa shape index (κ1) is 21.0. The molecule has 1 unspecified atom stereocenters. The van der Waals surface area contributed by atoms with Crippen LogP contribution in [0.3, 0.4) is 0 Å². The SMILES string of the molecule is CC(C)C(N)C(=O)NC1CCN(c2ccccn2)CC1.Cl.Cl. The van der Waals surface area contributed by atoms with E-state index < -0.39 is 6.04 Å². The monoisotopic (exact) mass is 348 g/mol. The van der Waals surface area contributed by atoms with Crippen LogP contribution in [0.15, 0.2) is 24.4 Å².